The van der Waals surface area contributed by atoms with Gasteiger partial charge < -0.3 is 24.0 Å². The van der Waals surface area contributed by atoms with E-state index in [2.05, 4.69) is 10.1 Å². The maximum absolute atomic E-state index is 13.9. The molecule has 0 spiro atoms. The van der Waals surface area contributed by atoms with Gasteiger partial charge in [0.2, 0.25) is 0 Å². The van der Waals surface area contributed by atoms with Crippen molar-refractivity contribution in [1.29, 1.82) is 0 Å². The summed E-state index contributed by atoms with van der Waals surface area (Å²) in [4.78, 5) is 29.2. The SMILES string of the molecule is Cc1onc(-c2ccc(OC3CCC[C@H](C(=O)O)C3)c(C(F)(F)F)n2)c1COC(=O)N(C)C1CCCC1. The molecule has 12 heteroatoms. The number of aromatic nitrogens is 2. The van der Waals surface area contributed by atoms with Crippen LogP contribution in [0.5, 0.6) is 5.75 Å². The molecule has 2 heterocycles. The molecule has 2 aliphatic carbocycles. The molecule has 2 aromatic rings. The summed E-state index contributed by atoms with van der Waals surface area (Å²) < 4.78 is 58.1. The van der Waals surface area contributed by atoms with Gasteiger partial charge in [-0.25, -0.2) is 9.78 Å². The highest BCUT2D eigenvalue weighted by atomic mass is 19.4. The zero-order valence-corrected chi connectivity index (χ0v) is 20.7. The summed E-state index contributed by atoms with van der Waals surface area (Å²) in [6, 6.07) is 2.59. The van der Waals surface area contributed by atoms with Gasteiger partial charge in [0.1, 0.15) is 18.1 Å². The van der Waals surface area contributed by atoms with Crippen molar-refractivity contribution in [1.82, 2.24) is 15.0 Å². The summed E-state index contributed by atoms with van der Waals surface area (Å²) in [5.41, 5.74) is -1.00. The van der Waals surface area contributed by atoms with Gasteiger partial charge in [-0.2, -0.15) is 13.2 Å². The zero-order chi connectivity index (χ0) is 26.7. The molecular weight excluding hydrogens is 495 g/mol. The predicted octanol–water partition coefficient (Wildman–Crippen LogP) is 5.60. The van der Waals surface area contributed by atoms with Crippen LogP contribution >= 0.6 is 0 Å². The summed E-state index contributed by atoms with van der Waals surface area (Å²) in [7, 11) is 1.67. The van der Waals surface area contributed by atoms with Crippen LogP contribution in [0.3, 0.4) is 0 Å². The molecule has 0 aromatic carbocycles. The number of ether oxygens (including phenoxy) is 2. The molecule has 37 heavy (non-hydrogen) atoms. The Labute approximate surface area is 211 Å². The monoisotopic (exact) mass is 525 g/mol. The van der Waals surface area contributed by atoms with Crippen LogP contribution in [0.15, 0.2) is 16.7 Å². The number of aliphatic carboxylic acids is 1. The number of pyridine rings is 1. The average molecular weight is 526 g/mol. The molecule has 0 aliphatic heterocycles. The van der Waals surface area contributed by atoms with Gasteiger partial charge in [-0.05, 0) is 57.6 Å². The van der Waals surface area contributed by atoms with E-state index in [0.717, 1.165) is 31.7 Å². The number of carbonyl (C=O) groups is 2. The third-order valence-electron chi connectivity index (χ3n) is 7.12. The molecule has 0 bridgehead atoms. The lowest BCUT2D eigenvalue weighted by Crippen LogP contribution is -2.35. The van der Waals surface area contributed by atoms with Gasteiger partial charge in [0, 0.05) is 13.1 Å². The third kappa shape index (κ3) is 6.16. The van der Waals surface area contributed by atoms with E-state index >= 15 is 0 Å². The number of nitrogens with zero attached hydrogens (tertiary/aromatic N) is 3. The van der Waals surface area contributed by atoms with Crippen LogP contribution in [-0.4, -0.2) is 51.4 Å². The molecule has 9 nitrogen and oxygen atoms in total. The minimum absolute atomic E-state index is 0.0366. The Morgan fingerprint density at radius 1 is 1.16 bits per heavy atom. The highest BCUT2D eigenvalue weighted by Crippen LogP contribution is 2.39. The Bertz CT molecular complexity index is 1130. The van der Waals surface area contributed by atoms with E-state index in [9.17, 15) is 27.9 Å². The third-order valence-corrected chi connectivity index (χ3v) is 7.12. The van der Waals surface area contributed by atoms with Crippen molar-refractivity contribution in [3.05, 3.63) is 29.2 Å². The molecule has 2 atom stereocenters. The van der Waals surface area contributed by atoms with Gasteiger partial charge in [-0.15, -0.1) is 0 Å². The second-order valence-electron chi connectivity index (χ2n) is 9.65. The van der Waals surface area contributed by atoms with Crippen LogP contribution in [0.25, 0.3) is 11.4 Å². The maximum Gasteiger partial charge on any atom is 0.437 e. The molecule has 0 radical (unpaired) electrons. The average Bonchev–Trinajstić information content (AvgIpc) is 3.52. The summed E-state index contributed by atoms with van der Waals surface area (Å²) in [6.07, 6.45) is -0.532. The summed E-state index contributed by atoms with van der Waals surface area (Å²) in [5.74, 6) is -1.82. The van der Waals surface area contributed by atoms with E-state index in [1.807, 2.05) is 0 Å². The number of hydrogen-bond donors (Lipinski definition) is 1. The molecule has 2 aromatic heterocycles. The Balaban J connectivity index is 1.53. The highest BCUT2D eigenvalue weighted by molar-refractivity contribution is 5.70. The predicted molar refractivity (Wildman–Crippen MR) is 124 cm³/mol. The van der Waals surface area contributed by atoms with Crippen LogP contribution in [0.1, 0.15) is 68.4 Å². The number of carbonyl (C=O) groups excluding carboxylic acids is 1. The minimum Gasteiger partial charge on any atom is -0.488 e. The number of aryl methyl sites for hydroxylation is 1. The van der Waals surface area contributed by atoms with Crippen molar-refractivity contribution in [3.8, 4) is 17.1 Å². The Hall–Kier alpha value is -3.31. The van der Waals surface area contributed by atoms with Crippen molar-refractivity contribution in [2.24, 2.45) is 5.92 Å². The van der Waals surface area contributed by atoms with E-state index in [-0.39, 0.29) is 30.5 Å². The second kappa shape index (κ2) is 11.0. The number of halogens is 3. The van der Waals surface area contributed by atoms with Gasteiger partial charge in [-0.1, -0.05) is 18.0 Å². The van der Waals surface area contributed by atoms with Gasteiger partial charge in [0.25, 0.3) is 0 Å². The first-order chi connectivity index (χ1) is 17.5. The Morgan fingerprint density at radius 2 is 1.89 bits per heavy atom. The van der Waals surface area contributed by atoms with Crippen molar-refractivity contribution in [2.75, 3.05) is 7.05 Å². The van der Waals surface area contributed by atoms with E-state index < -0.39 is 41.7 Å². The van der Waals surface area contributed by atoms with Crippen molar-refractivity contribution in [3.63, 3.8) is 0 Å². The molecule has 1 unspecified atom stereocenters. The van der Waals surface area contributed by atoms with Crippen LogP contribution < -0.4 is 4.74 Å². The summed E-state index contributed by atoms with van der Waals surface area (Å²) in [5, 5.41) is 13.1. The topological polar surface area (TPSA) is 115 Å². The van der Waals surface area contributed by atoms with Gasteiger partial charge in [0.15, 0.2) is 11.4 Å². The fourth-order valence-corrected chi connectivity index (χ4v) is 4.97. The Kier molecular flexibility index (Phi) is 7.93. The number of carboxylic acids is 1. The normalized spacial score (nSPS) is 20.6. The first kappa shape index (κ1) is 26.7. The minimum atomic E-state index is -4.83. The smallest absolute Gasteiger partial charge is 0.437 e. The van der Waals surface area contributed by atoms with Crippen LogP contribution in [0.4, 0.5) is 18.0 Å². The number of amides is 1. The zero-order valence-electron chi connectivity index (χ0n) is 20.7. The highest BCUT2D eigenvalue weighted by Gasteiger charge is 2.39. The lowest BCUT2D eigenvalue weighted by molar-refractivity contribution is -0.146. The van der Waals surface area contributed by atoms with Gasteiger partial charge in [0.05, 0.1) is 23.3 Å². The van der Waals surface area contributed by atoms with Crippen LogP contribution in [0.2, 0.25) is 0 Å². The standard InChI is InChI=1S/C25H30F3N3O6/c1-14-18(13-35-24(34)31(2)16-7-3-4-8-16)21(30-37-14)19-10-11-20(22(29-19)25(26,27)28)36-17-9-5-6-15(12-17)23(32)33/h10-11,15-17H,3-9,12-13H2,1-2H3,(H,32,33)/t15-,17?/m0/s1. The first-order valence-corrected chi connectivity index (χ1v) is 12.4. The van der Waals surface area contributed by atoms with E-state index in [1.165, 1.54) is 6.07 Å². The van der Waals surface area contributed by atoms with Gasteiger partial charge in [-0.3, -0.25) is 4.79 Å². The van der Waals surface area contributed by atoms with Crippen molar-refractivity contribution < 1.29 is 41.9 Å². The molecule has 2 fully saturated rings. The number of rotatable bonds is 7. The largest absolute Gasteiger partial charge is 0.488 e. The lowest BCUT2D eigenvalue weighted by atomic mass is 9.87. The van der Waals surface area contributed by atoms with E-state index in [4.69, 9.17) is 14.0 Å². The molecule has 2 saturated carbocycles. The van der Waals surface area contributed by atoms with Crippen molar-refractivity contribution >= 4 is 12.1 Å². The summed E-state index contributed by atoms with van der Waals surface area (Å²) >= 11 is 0. The molecule has 4 rings (SSSR count). The molecule has 0 saturated heterocycles. The quantitative estimate of drug-likeness (QED) is 0.497. The molecule has 1 amide bonds. The van der Waals surface area contributed by atoms with E-state index in [0.29, 0.717) is 30.6 Å². The molecule has 2 aliphatic rings. The van der Waals surface area contributed by atoms with E-state index in [1.54, 1.807) is 18.9 Å². The molecular formula is C25H30F3N3O6. The fourth-order valence-electron chi connectivity index (χ4n) is 4.97. The lowest BCUT2D eigenvalue weighted by Gasteiger charge is -2.28. The molecule has 202 valence electrons. The number of carboxylic acid groups (broad SMARTS) is 1. The Morgan fingerprint density at radius 3 is 2.57 bits per heavy atom. The molecule has 1 N–H and O–H groups in total. The van der Waals surface area contributed by atoms with Crippen LogP contribution in [-0.2, 0) is 22.3 Å². The first-order valence-electron chi connectivity index (χ1n) is 12.4. The summed E-state index contributed by atoms with van der Waals surface area (Å²) in [6.45, 7) is 1.34. The fraction of sp³-hybridized carbons (Fsp3) is 0.600. The van der Waals surface area contributed by atoms with Crippen LogP contribution in [0, 0.1) is 12.8 Å². The van der Waals surface area contributed by atoms with Gasteiger partial charge >= 0.3 is 18.2 Å². The maximum atomic E-state index is 13.9. The number of alkyl halides is 3. The number of hydrogen-bond acceptors (Lipinski definition) is 7. The van der Waals surface area contributed by atoms with Crippen molar-refractivity contribution in [2.45, 2.75) is 83.2 Å². The second-order valence-corrected chi connectivity index (χ2v) is 9.65.